The molecule has 0 heterocycles. The maximum atomic E-state index is 3.40. The fraction of sp³-hybridized carbons (Fsp3) is 0.571. The number of rotatable bonds is 4. The summed E-state index contributed by atoms with van der Waals surface area (Å²) in [6, 6.07) is 9.46. The normalized spacial score (nSPS) is 12.1. The van der Waals surface area contributed by atoms with Gasteiger partial charge in [0.25, 0.3) is 0 Å². The number of benzene rings is 1. The molecule has 0 fully saturated rings. The molecular formula is C14H23NS. The van der Waals surface area contributed by atoms with Gasteiger partial charge in [0.1, 0.15) is 0 Å². The van der Waals surface area contributed by atoms with Crippen molar-refractivity contribution in [3.05, 3.63) is 29.8 Å². The molecule has 16 heavy (non-hydrogen) atoms. The predicted octanol–water partition coefficient (Wildman–Crippen LogP) is 4.03. The zero-order valence-electron chi connectivity index (χ0n) is 11.0. The third-order valence-corrected chi connectivity index (χ3v) is 3.37. The van der Waals surface area contributed by atoms with Crippen LogP contribution in [0, 0.1) is 0 Å². The van der Waals surface area contributed by atoms with Crippen LogP contribution >= 0.6 is 11.8 Å². The van der Waals surface area contributed by atoms with Gasteiger partial charge in [-0.1, -0.05) is 46.8 Å². The Kier molecular flexibility index (Phi) is 4.88. The van der Waals surface area contributed by atoms with Gasteiger partial charge in [-0.2, -0.15) is 0 Å². The molecular weight excluding hydrogens is 214 g/mol. The summed E-state index contributed by atoms with van der Waals surface area (Å²) >= 11 is 1.86. The highest BCUT2D eigenvalue weighted by molar-refractivity contribution is 7.99. The fourth-order valence-electron chi connectivity index (χ4n) is 1.34. The molecule has 0 aliphatic heterocycles. The third-order valence-electron chi connectivity index (χ3n) is 2.45. The molecule has 0 aliphatic carbocycles. The van der Waals surface area contributed by atoms with E-state index >= 15 is 0 Å². The molecule has 0 aliphatic rings. The highest BCUT2D eigenvalue weighted by atomic mass is 32.2. The largest absolute Gasteiger partial charge is 0.305 e. The van der Waals surface area contributed by atoms with E-state index < -0.39 is 0 Å². The van der Waals surface area contributed by atoms with Crippen molar-refractivity contribution in [1.29, 1.82) is 0 Å². The molecule has 0 unspecified atom stereocenters. The number of nitrogens with one attached hydrogen (secondary N) is 1. The van der Waals surface area contributed by atoms with Gasteiger partial charge in [0.15, 0.2) is 0 Å². The average molecular weight is 237 g/mol. The van der Waals surface area contributed by atoms with Crippen molar-refractivity contribution >= 4 is 11.8 Å². The molecule has 1 aromatic rings. The molecule has 1 rings (SSSR count). The van der Waals surface area contributed by atoms with Crippen molar-refractivity contribution < 1.29 is 0 Å². The van der Waals surface area contributed by atoms with Crippen molar-refractivity contribution in [3.8, 4) is 0 Å². The summed E-state index contributed by atoms with van der Waals surface area (Å²) in [5.74, 6) is 0.979. The Morgan fingerprint density at radius 1 is 1.12 bits per heavy atom. The molecule has 1 nitrogen and oxygen atoms in total. The Morgan fingerprint density at radius 3 is 2.12 bits per heavy atom. The Balaban J connectivity index is 2.52. The first-order chi connectivity index (χ1) is 7.39. The van der Waals surface area contributed by atoms with E-state index in [-0.39, 0.29) is 5.41 Å². The zero-order chi connectivity index (χ0) is 12.2. The monoisotopic (exact) mass is 237 g/mol. The van der Waals surface area contributed by atoms with Gasteiger partial charge < -0.3 is 5.32 Å². The van der Waals surface area contributed by atoms with E-state index in [1.54, 1.807) is 0 Å². The Labute approximate surface area is 104 Å². The summed E-state index contributed by atoms with van der Waals surface area (Å²) in [4.78, 5) is 1.33. The minimum atomic E-state index is 0.249. The lowest BCUT2D eigenvalue weighted by Crippen LogP contribution is -2.21. The summed E-state index contributed by atoms with van der Waals surface area (Å²) in [7, 11) is 0. The summed E-state index contributed by atoms with van der Waals surface area (Å²) in [5, 5.41) is 3.40. The molecule has 0 radical (unpaired) electrons. The Bertz CT molecular complexity index is 309. The van der Waals surface area contributed by atoms with Crippen LogP contribution in [0.2, 0.25) is 0 Å². The van der Waals surface area contributed by atoms with Crippen LogP contribution in [0.3, 0.4) is 0 Å². The molecule has 1 aromatic carbocycles. The van der Waals surface area contributed by atoms with Crippen molar-refractivity contribution in [3.63, 3.8) is 0 Å². The highest BCUT2D eigenvalue weighted by Gasteiger charge is 2.12. The van der Waals surface area contributed by atoms with Crippen LogP contribution in [-0.4, -0.2) is 11.9 Å². The number of thioether (sulfide) groups is 1. The maximum absolute atomic E-state index is 3.40. The van der Waals surface area contributed by atoms with E-state index in [4.69, 9.17) is 0 Å². The minimum absolute atomic E-state index is 0.249. The fourth-order valence-corrected chi connectivity index (χ4v) is 2.25. The van der Waals surface area contributed by atoms with Crippen molar-refractivity contribution in [2.75, 3.05) is 5.88 Å². The van der Waals surface area contributed by atoms with Crippen LogP contribution in [0.1, 0.15) is 40.2 Å². The quantitative estimate of drug-likeness (QED) is 0.627. The lowest BCUT2D eigenvalue weighted by atomic mass is 9.87. The molecule has 0 atom stereocenters. The predicted molar refractivity (Wildman–Crippen MR) is 74.1 cm³/mol. The average Bonchev–Trinajstić information content (AvgIpc) is 2.16. The summed E-state index contributed by atoms with van der Waals surface area (Å²) in [6.45, 7) is 11.1. The first-order valence-corrected chi connectivity index (χ1v) is 6.85. The first kappa shape index (κ1) is 13.6. The van der Waals surface area contributed by atoms with E-state index in [0.29, 0.717) is 6.04 Å². The van der Waals surface area contributed by atoms with Gasteiger partial charge >= 0.3 is 0 Å². The second-order valence-electron chi connectivity index (χ2n) is 5.42. The van der Waals surface area contributed by atoms with E-state index in [9.17, 15) is 0 Å². The molecule has 2 heteroatoms. The van der Waals surface area contributed by atoms with Crippen LogP contribution < -0.4 is 5.32 Å². The van der Waals surface area contributed by atoms with Crippen molar-refractivity contribution in [2.24, 2.45) is 0 Å². The maximum Gasteiger partial charge on any atom is 0.0467 e. The number of hydrogen-bond acceptors (Lipinski definition) is 2. The zero-order valence-corrected chi connectivity index (χ0v) is 11.8. The van der Waals surface area contributed by atoms with Gasteiger partial charge in [-0.05, 0) is 23.1 Å². The van der Waals surface area contributed by atoms with Gasteiger partial charge in [-0.3, -0.25) is 0 Å². The smallest absolute Gasteiger partial charge is 0.0467 e. The molecule has 0 saturated heterocycles. The molecule has 1 N–H and O–H groups in total. The number of hydrogen-bond donors (Lipinski definition) is 1. The Morgan fingerprint density at radius 2 is 1.69 bits per heavy atom. The van der Waals surface area contributed by atoms with Gasteiger partial charge in [0.2, 0.25) is 0 Å². The van der Waals surface area contributed by atoms with E-state index in [2.05, 4.69) is 64.2 Å². The van der Waals surface area contributed by atoms with Gasteiger partial charge in [-0.15, -0.1) is 11.8 Å². The SMILES string of the molecule is CC(C)NCSc1ccc(C(C)(C)C)cc1. The minimum Gasteiger partial charge on any atom is -0.305 e. The van der Waals surface area contributed by atoms with Crippen LogP contribution in [0.4, 0.5) is 0 Å². The summed E-state index contributed by atoms with van der Waals surface area (Å²) in [6.07, 6.45) is 0. The molecule has 0 amide bonds. The van der Waals surface area contributed by atoms with Crippen LogP contribution in [0.5, 0.6) is 0 Å². The molecule has 0 aromatic heterocycles. The molecule has 90 valence electrons. The van der Waals surface area contributed by atoms with E-state index in [1.807, 2.05) is 11.8 Å². The third kappa shape index (κ3) is 4.58. The molecule has 0 saturated carbocycles. The second kappa shape index (κ2) is 5.74. The Hall–Kier alpha value is -0.470. The second-order valence-corrected chi connectivity index (χ2v) is 6.47. The summed E-state index contributed by atoms with van der Waals surface area (Å²) in [5.41, 5.74) is 1.65. The van der Waals surface area contributed by atoms with Crippen LogP contribution in [0.15, 0.2) is 29.2 Å². The van der Waals surface area contributed by atoms with Crippen molar-refractivity contribution in [1.82, 2.24) is 5.32 Å². The highest BCUT2D eigenvalue weighted by Crippen LogP contribution is 2.25. The van der Waals surface area contributed by atoms with E-state index in [1.165, 1.54) is 10.5 Å². The van der Waals surface area contributed by atoms with Crippen LogP contribution in [0.25, 0.3) is 0 Å². The first-order valence-electron chi connectivity index (χ1n) is 5.86. The lowest BCUT2D eigenvalue weighted by molar-refractivity contribution is 0.589. The molecule has 0 spiro atoms. The van der Waals surface area contributed by atoms with Gasteiger partial charge in [-0.25, -0.2) is 0 Å². The van der Waals surface area contributed by atoms with Crippen LogP contribution in [-0.2, 0) is 5.41 Å². The topological polar surface area (TPSA) is 12.0 Å². The molecule has 0 bridgehead atoms. The van der Waals surface area contributed by atoms with Gasteiger partial charge in [0.05, 0.1) is 0 Å². The van der Waals surface area contributed by atoms with E-state index in [0.717, 1.165) is 5.88 Å². The van der Waals surface area contributed by atoms with Gasteiger partial charge in [0, 0.05) is 16.8 Å². The lowest BCUT2D eigenvalue weighted by Gasteiger charge is -2.19. The summed E-state index contributed by atoms with van der Waals surface area (Å²) < 4.78 is 0. The van der Waals surface area contributed by atoms with Crippen molar-refractivity contribution in [2.45, 2.75) is 51.0 Å². The standard InChI is InChI=1S/C14H23NS/c1-11(2)15-10-16-13-8-6-12(7-9-13)14(3,4)5/h6-9,11,15H,10H2,1-5H3.